The molecule has 10 nitrogen and oxygen atoms in total. The van der Waals surface area contributed by atoms with Crippen LogP contribution in [0.4, 0.5) is 0 Å². The van der Waals surface area contributed by atoms with Gasteiger partial charge >= 0.3 is 5.97 Å². The topological polar surface area (TPSA) is 142 Å². The minimum Gasteiger partial charge on any atom is -0.481 e. The molecule has 3 saturated carbocycles. The number of aliphatic carboxylic acids is 1. The van der Waals surface area contributed by atoms with E-state index < -0.39 is 22.8 Å². The Kier molecular flexibility index (Phi) is 9.98. The predicted molar refractivity (Wildman–Crippen MR) is 202 cm³/mol. The lowest BCUT2D eigenvalue weighted by Crippen LogP contribution is -2.69. The second-order valence-electron chi connectivity index (χ2n) is 20.2. The third-order valence-electron chi connectivity index (χ3n) is 16.5. The minimum absolute atomic E-state index is 0.0506. The van der Waals surface area contributed by atoms with Crippen molar-refractivity contribution >= 4 is 11.9 Å². The molecule has 0 unspecified atom stereocenters. The third-order valence-corrected chi connectivity index (χ3v) is 16.5. The zero-order valence-electron chi connectivity index (χ0n) is 34.2. The summed E-state index contributed by atoms with van der Waals surface area (Å²) in [6, 6.07) is -0.282. The number of carboxylic acids is 1. The van der Waals surface area contributed by atoms with E-state index in [-0.39, 0.29) is 63.5 Å². The maximum Gasteiger partial charge on any atom is 0.307 e. The number of carboxylic acid groups (broad SMARTS) is 1. The first-order valence-electron chi connectivity index (χ1n) is 20.2. The van der Waals surface area contributed by atoms with E-state index in [0.29, 0.717) is 37.5 Å². The largest absolute Gasteiger partial charge is 0.481 e. The number of hydrogen-bond acceptors (Lipinski definition) is 7. The third kappa shape index (κ3) is 5.65. The maximum atomic E-state index is 13.6. The molecule has 1 aliphatic heterocycles. The molecule has 292 valence electrons. The van der Waals surface area contributed by atoms with E-state index in [9.17, 15) is 14.7 Å². The number of carbonyl (C=O) groups excluding carboxylic acids is 1. The van der Waals surface area contributed by atoms with Gasteiger partial charge in [-0.1, -0.05) is 74.0 Å². The van der Waals surface area contributed by atoms with Crippen molar-refractivity contribution in [2.45, 2.75) is 145 Å². The van der Waals surface area contributed by atoms with Gasteiger partial charge in [-0.05, 0) is 105 Å². The predicted octanol–water partition coefficient (Wildman–Crippen LogP) is 7.30. The van der Waals surface area contributed by atoms with Crippen LogP contribution in [-0.2, 0) is 14.3 Å². The summed E-state index contributed by atoms with van der Waals surface area (Å²) in [5.74, 6) is 0.390. The molecule has 1 saturated heterocycles. The van der Waals surface area contributed by atoms with Gasteiger partial charge in [0.05, 0.1) is 37.9 Å². The van der Waals surface area contributed by atoms with Crippen LogP contribution in [0.3, 0.4) is 0 Å². The van der Waals surface area contributed by atoms with E-state index in [4.69, 9.17) is 15.2 Å². The summed E-state index contributed by atoms with van der Waals surface area (Å²) in [6.07, 6.45) is 9.30. The first-order valence-corrected chi connectivity index (χ1v) is 20.2. The van der Waals surface area contributed by atoms with Gasteiger partial charge in [-0.2, -0.15) is 0 Å². The van der Waals surface area contributed by atoms with Crippen LogP contribution in [0.15, 0.2) is 18.0 Å². The van der Waals surface area contributed by atoms with Crippen LogP contribution in [0, 0.1) is 62.6 Å². The van der Waals surface area contributed by atoms with Crippen molar-refractivity contribution in [2.24, 2.45) is 68.3 Å². The fourth-order valence-corrected chi connectivity index (χ4v) is 12.6. The van der Waals surface area contributed by atoms with Gasteiger partial charge < -0.3 is 30.2 Å². The molecule has 1 aromatic rings. The SMILES string of the molecule is CC(C)NC(=O)c1nncn1[C@@H]1C[C@@]23COC[C@](C)([C@@H]2CC[C@H]2C3=CC[C@@]3(C)[C@H](C(=O)O)[C@@](C)([C@H](C)C(C)C)CC[C@]23C)[C@H]1OC[C@](C)(N)C(C)C. The Bertz CT molecular complexity index is 1570. The van der Waals surface area contributed by atoms with Crippen LogP contribution in [0.1, 0.15) is 138 Å². The summed E-state index contributed by atoms with van der Waals surface area (Å²) in [5, 5.41) is 22.8. The summed E-state index contributed by atoms with van der Waals surface area (Å²) < 4.78 is 15.8. The van der Waals surface area contributed by atoms with Crippen molar-refractivity contribution in [1.82, 2.24) is 20.1 Å². The summed E-state index contributed by atoms with van der Waals surface area (Å²) in [7, 11) is 0. The van der Waals surface area contributed by atoms with Crippen LogP contribution in [-0.4, -0.2) is 69.3 Å². The summed E-state index contributed by atoms with van der Waals surface area (Å²) in [5.41, 5.74) is 6.19. The first-order chi connectivity index (χ1) is 24.1. The number of rotatable bonds is 10. The molecule has 0 spiro atoms. The van der Waals surface area contributed by atoms with Crippen molar-refractivity contribution in [2.75, 3.05) is 19.8 Å². The number of carbonyl (C=O) groups is 2. The fourth-order valence-electron chi connectivity index (χ4n) is 12.6. The Balaban J connectivity index is 1.47. The van der Waals surface area contributed by atoms with Crippen molar-refractivity contribution in [3.05, 3.63) is 23.8 Å². The van der Waals surface area contributed by atoms with Crippen LogP contribution >= 0.6 is 0 Å². The Hall–Kier alpha value is -2.30. The zero-order valence-corrected chi connectivity index (χ0v) is 34.2. The fraction of sp³-hybridized carbons (Fsp3) is 0.857. The lowest BCUT2D eigenvalue weighted by atomic mass is 9.34. The van der Waals surface area contributed by atoms with E-state index in [0.717, 1.165) is 38.5 Å². The quantitative estimate of drug-likeness (QED) is 0.214. The van der Waals surface area contributed by atoms with E-state index >= 15 is 0 Å². The highest BCUT2D eigenvalue weighted by atomic mass is 16.5. The Morgan fingerprint density at radius 2 is 1.77 bits per heavy atom. The lowest BCUT2D eigenvalue weighted by molar-refractivity contribution is -0.251. The van der Waals surface area contributed by atoms with Gasteiger partial charge in [-0.25, -0.2) is 0 Å². The summed E-state index contributed by atoms with van der Waals surface area (Å²) in [6.45, 7) is 27.8. The van der Waals surface area contributed by atoms with Gasteiger partial charge in [0.25, 0.3) is 5.91 Å². The van der Waals surface area contributed by atoms with Crippen LogP contribution in [0.5, 0.6) is 0 Å². The second kappa shape index (κ2) is 13.2. The van der Waals surface area contributed by atoms with E-state index in [2.05, 4.69) is 90.8 Å². The van der Waals surface area contributed by atoms with Gasteiger partial charge in [-0.3, -0.25) is 9.59 Å². The highest BCUT2D eigenvalue weighted by Crippen LogP contribution is 2.75. The molecule has 4 fully saturated rings. The molecular formula is C42H69N5O5. The Morgan fingerprint density at radius 3 is 2.38 bits per heavy atom. The number of aromatic nitrogens is 3. The Morgan fingerprint density at radius 1 is 1.08 bits per heavy atom. The van der Waals surface area contributed by atoms with Crippen LogP contribution < -0.4 is 11.1 Å². The molecule has 5 aliphatic rings. The van der Waals surface area contributed by atoms with Gasteiger partial charge in [0.15, 0.2) is 0 Å². The molecule has 0 radical (unpaired) electrons. The van der Waals surface area contributed by atoms with Crippen LogP contribution in [0.2, 0.25) is 0 Å². The van der Waals surface area contributed by atoms with Crippen molar-refractivity contribution in [1.29, 1.82) is 0 Å². The minimum atomic E-state index is -0.647. The zero-order chi connectivity index (χ0) is 38.4. The summed E-state index contributed by atoms with van der Waals surface area (Å²) >= 11 is 0. The van der Waals surface area contributed by atoms with Gasteiger partial charge in [0.1, 0.15) is 6.33 Å². The molecule has 4 N–H and O–H groups in total. The highest BCUT2D eigenvalue weighted by molar-refractivity contribution is 5.90. The highest BCUT2D eigenvalue weighted by Gasteiger charge is 2.72. The number of ether oxygens (including phenoxy) is 2. The molecule has 2 bridgehead atoms. The standard InChI is InChI=1S/C42H69N5O5/c1-24(2)27(7)37(8)17-18-39(10)28-13-14-31-38(9)20-51-22-42(31,29(28)15-16-40(39,11)32(37)36(49)50)19-30(33(38)52-21-41(12,43)25(3)4)47-23-44-46-34(47)35(48)45-26(5)6/h15,23-28,30-33H,13-14,16-22,43H2,1-12H3,(H,45,48)(H,49,50)/t27-,28+,30-,31+,32-,33+,37-,38-,39-,40+,41+,42+/m1/s1. The second-order valence-corrected chi connectivity index (χ2v) is 20.2. The molecule has 6 rings (SSSR count). The first kappa shape index (κ1) is 39.4. The van der Waals surface area contributed by atoms with Crippen molar-refractivity contribution in [3.63, 3.8) is 0 Å². The average Bonchev–Trinajstić information content (AvgIpc) is 3.54. The normalized spacial score (nSPS) is 41.8. The monoisotopic (exact) mass is 724 g/mol. The van der Waals surface area contributed by atoms with Gasteiger partial charge in [-0.15, -0.1) is 10.2 Å². The molecule has 0 aromatic carbocycles. The molecule has 52 heavy (non-hydrogen) atoms. The van der Waals surface area contributed by atoms with Gasteiger partial charge in [0.2, 0.25) is 5.82 Å². The molecule has 12 atom stereocenters. The number of nitrogens with one attached hydrogen (secondary N) is 1. The van der Waals surface area contributed by atoms with Crippen molar-refractivity contribution in [3.8, 4) is 0 Å². The molecule has 4 aliphatic carbocycles. The van der Waals surface area contributed by atoms with Crippen molar-refractivity contribution < 1.29 is 24.2 Å². The smallest absolute Gasteiger partial charge is 0.307 e. The number of fused-ring (bicyclic) bond motifs is 3. The average molecular weight is 724 g/mol. The van der Waals surface area contributed by atoms with Gasteiger partial charge in [0, 0.05) is 22.4 Å². The number of nitrogens with zero attached hydrogens (tertiary/aromatic N) is 3. The molecule has 2 heterocycles. The van der Waals surface area contributed by atoms with E-state index in [1.807, 2.05) is 18.4 Å². The summed E-state index contributed by atoms with van der Waals surface area (Å²) in [4.78, 5) is 27.1. The molecule has 10 heteroatoms. The number of hydrogen-bond donors (Lipinski definition) is 3. The Labute approximate surface area is 312 Å². The number of amides is 1. The van der Waals surface area contributed by atoms with E-state index in [1.54, 1.807) is 6.33 Å². The van der Waals surface area contributed by atoms with E-state index in [1.165, 1.54) is 5.57 Å². The van der Waals surface area contributed by atoms with Crippen LogP contribution in [0.25, 0.3) is 0 Å². The number of allylic oxidation sites excluding steroid dienone is 1. The maximum absolute atomic E-state index is 13.6. The lowest BCUT2D eigenvalue weighted by Gasteiger charge is -2.71. The molecule has 1 aromatic heterocycles. The number of nitrogens with two attached hydrogens (primary N) is 1. The molecule has 1 amide bonds. The molecular weight excluding hydrogens is 654 g/mol.